The molecule has 3 atom stereocenters. The number of amides is 2. The maximum absolute atomic E-state index is 12.6. The molecule has 1 N–H and O–H groups in total. The number of rotatable bonds is 5. The maximum atomic E-state index is 12.6. The first-order chi connectivity index (χ1) is 13.1. The molecule has 2 amide bonds. The zero-order chi connectivity index (χ0) is 18.8. The molecule has 27 heavy (non-hydrogen) atoms. The van der Waals surface area contributed by atoms with E-state index in [1.54, 1.807) is 0 Å². The summed E-state index contributed by atoms with van der Waals surface area (Å²) in [7, 11) is 2.04. The van der Waals surface area contributed by atoms with Crippen molar-refractivity contribution in [3.8, 4) is 0 Å². The summed E-state index contributed by atoms with van der Waals surface area (Å²) in [5.74, 6) is -0.251. The van der Waals surface area contributed by atoms with E-state index in [0.717, 1.165) is 37.7 Å². The summed E-state index contributed by atoms with van der Waals surface area (Å²) >= 11 is 0. The molecule has 0 saturated carbocycles. The van der Waals surface area contributed by atoms with Crippen LogP contribution < -0.4 is 9.80 Å². The number of ether oxygens (including phenoxy) is 1. The Kier molecular flexibility index (Phi) is 5.27. The Hall–Kier alpha value is -2.18. The summed E-state index contributed by atoms with van der Waals surface area (Å²) in [6.45, 7) is 4.65. The normalized spacial score (nSPS) is 26.4. The predicted molar refractivity (Wildman–Crippen MR) is 102 cm³/mol. The van der Waals surface area contributed by atoms with Crippen LogP contribution in [0, 0.1) is 11.8 Å². The highest BCUT2D eigenvalue weighted by Gasteiger charge is 2.48. The van der Waals surface area contributed by atoms with Gasteiger partial charge in [-0.05, 0) is 25.0 Å². The number of hydrogen-bond donors (Lipinski definition) is 1. The minimum atomic E-state index is -0.136. The molecule has 2 saturated heterocycles. The van der Waals surface area contributed by atoms with Gasteiger partial charge in [0.25, 0.3) is 0 Å². The number of allylic oxidation sites excluding steroid dienone is 2. The number of anilines is 1. The first-order valence-corrected chi connectivity index (χ1v) is 9.86. The van der Waals surface area contributed by atoms with Gasteiger partial charge in [0.05, 0.1) is 32.1 Å². The van der Waals surface area contributed by atoms with Gasteiger partial charge in [0.1, 0.15) is 6.54 Å². The third-order valence-electron chi connectivity index (χ3n) is 5.85. The molecule has 1 aromatic rings. The van der Waals surface area contributed by atoms with Gasteiger partial charge in [0.15, 0.2) is 6.67 Å². The van der Waals surface area contributed by atoms with Crippen LogP contribution in [0.15, 0.2) is 36.4 Å². The van der Waals surface area contributed by atoms with Crippen molar-refractivity contribution in [1.82, 2.24) is 4.90 Å². The molecule has 2 aliphatic heterocycles. The van der Waals surface area contributed by atoms with Gasteiger partial charge in [-0.1, -0.05) is 24.3 Å². The first kappa shape index (κ1) is 18.2. The molecule has 6 heteroatoms. The van der Waals surface area contributed by atoms with E-state index in [1.807, 2.05) is 19.2 Å². The summed E-state index contributed by atoms with van der Waals surface area (Å²) in [5.41, 5.74) is 2.43. The molecule has 144 valence electrons. The highest BCUT2D eigenvalue weighted by molar-refractivity contribution is 6.05. The summed E-state index contributed by atoms with van der Waals surface area (Å²) < 4.78 is 5.40. The monoisotopic (exact) mass is 370 g/mol. The fourth-order valence-corrected chi connectivity index (χ4v) is 4.35. The second kappa shape index (κ2) is 7.82. The van der Waals surface area contributed by atoms with E-state index in [0.29, 0.717) is 19.5 Å². The lowest BCUT2D eigenvalue weighted by molar-refractivity contribution is -0.901. The maximum Gasteiger partial charge on any atom is 0.237 e. The van der Waals surface area contributed by atoms with Crippen molar-refractivity contribution in [2.45, 2.75) is 19.4 Å². The average molecular weight is 370 g/mol. The second-order valence-corrected chi connectivity index (χ2v) is 7.82. The third kappa shape index (κ3) is 3.77. The fraction of sp³-hybridized carbons (Fsp3) is 0.524. The minimum absolute atomic E-state index is 0.0105. The minimum Gasteiger partial charge on any atom is -0.378 e. The first-order valence-electron chi connectivity index (χ1n) is 9.86. The van der Waals surface area contributed by atoms with E-state index in [2.05, 4.69) is 29.2 Å². The Morgan fingerprint density at radius 3 is 2.19 bits per heavy atom. The molecule has 0 bridgehead atoms. The van der Waals surface area contributed by atoms with Crippen molar-refractivity contribution >= 4 is 17.5 Å². The van der Waals surface area contributed by atoms with Crippen LogP contribution in [-0.4, -0.2) is 56.7 Å². The highest BCUT2D eigenvalue weighted by atomic mass is 16.5. The van der Waals surface area contributed by atoms with Gasteiger partial charge < -0.3 is 14.5 Å². The second-order valence-electron chi connectivity index (χ2n) is 7.82. The molecule has 4 rings (SSSR count). The summed E-state index contributed by atoms with van der Waals surface area (Å²) in [6, 6.07) is 8.60. The number of morpholine rings is 1. The molecular weight excluding hydrogens is 342 g/mol. The largest absolute Gasteiger partial charge is 0.378 e. The predicted octanol–water partition coefficient (Wildman–Crippen LogP) is 0.447. The lowest BCUT2D eigenvalue weighted by atomic mass is 9.85. The van der Waals surface area contributed by atoms with Crippen LogP contribution >= 0.6 is 0 Å². The summed E-state index contributed by atoms with van der Waals surface area (Å²) in [4.78, 5) is 30.2. The number of quaternary nitrogens is 1. The van der Waals surface area contributed by atoms with Crippen molar-refractivity contribution in [2.24, 2.45) is 11.8 Å². The fourth-order valence-electron chi connectivity index (χ4n) is 4.35. The molecule has 1 unspecified atom stereocenters. The smallest absolute Gasteiger partial charge is 0.237 e. The summed E-state index contributed by atoms with van der Waals surface area (Å²) in [6.07, 6.45) is 5.46. The van der Waals surface area contributed by atoms with Crippen molar-refractivity contribution in [3.63, 3.8) is 0 Å². The van der Waals surface area contributed by atoms with E-state index in [4.69, 9.17) is 4.74 Å². The van der Waals surface area contributed by atoms with E-state index in [-0.39, 0.29) is 23.7 Å². The number of hydrogen-bond acceptors (Lipinski definition) is 4. The standard InChI is InChI=1S/C21H27N3O3/c1-22(15-24-20(25)18-4-2-3-5-19(18)21(24)26)14-16-6-8-17(9-7-16)23-10-12-27-13-11-23/h2-3,6-9,18-19H,4-5,10-15H2,1H3/p+1/t18-,19-/m0/s1. The molecule has 0 spiro atoms. The number of carbonyl (C=O) groups excluding carboxylic acids is 2. The van der Waals surface area contributed by atoms with Gasteiger partial charge in [-0.3, -0.25) is 9.59 Å². The number of nitrogens with one attached hydrogen (secondary N) is 1. The topological polar surface area (TPSA) is 54.3 Å². The Morgan fingerprint density at radius 1 is 1.00 bits per heavy atom. The number of nitrogens with zero attached hydrogens (tertiary/aromatic N) is 2. The Labute approximate surface area is 160 Å². The zero-order valence-corrected chi connectivity index (χ0v) is 15.9. The van der Waals surface area contributed by atoms with Crippen molar-refractivity contribution < 1.29 is 19.2 Å². The molecule has 0 radical (unpaired) electrons. The van der Waals surface area contributed by atoms with Gasteiger partial charge in [0.2, 0.25) is 11.8 Å². The van der Waals surface area contributed by atoms with Gasteiger partial charge in [-0.2, -0.15) is 0 Å². The SMILES string of the molecule is C[NH+](Cc1ccc(N2CCOCC2)cc1)CN1C(=O)[C@H]2CC=CC[C@@H]2C1=O. The number of fused-ring (bicyclic) bond motifs is 1. The molecule has 2 fully saturated rings. The lowest BCUT2D eigenvalue weighted by Gasteiger charge is -2.29. The number of imide groups is 1. The highest BCUT2D eigenvalue weighted by Crippen LogP contribution is 2.34. The number of carbonyl (C=O) groups is 2. The van der Waals surface area contributed by atoms with Crippen LogP contribution in [0.5, 0.6) is 0 Å². The van der Waals surface area contributed by atoms with Crippen LogP contribution in [0.1, 0.15) is 18.4 Å². The van der Waals surface area contributed by atoms with Crippen LogP contribution in [0.4, 0.5) is 5.69 Å². The quantitative estimate of drug-likeness (QED) is 0.604. The van der Waals surface area contributed by atoms with Crippen LogP contribution in [0.3, 0.4) is 0 Å². The molecule has 6 nitrogen and oxygen atoms in total. The number of benzene rings is 1. The molecule has 3 aliphatic rings. The molecular formula is C21H28N3O3+. The third-order valence-corrected chi connectivity index (χ3v) is 5.85. The summed E-state index contributed by atoms with van der Waals surface area (Å²) in [5, 5.41) is 0. The van der Waals surface area contributed by atoms with E-state index in [1.165, 1.54) is 16.2 Å². The van der Waals surface area contributed by atoms with Crippen LogP contribution in [0.2, 0.25) is 0 Å². The lowest BCUT2D eigenvalue weighted by Crippen LogP contribution is -3.09. The van der Waals surface area contributed by atoms with Crippen molar-refractivity contribution in [2.75, 3.05) is 44.9 Å². The zero-order valence-electron chi connectivity index (χ0n) is 15.9. The Balaban J connectivity index is 1.34. The van der Waals surface area contributed by atoms with E-state index < -0.39 is 0 Å². The van der Waals surface area contributed by atoms with Gasteiger partial charge >= 0.3 is 0 Å². The van der Waals surface area contributed by atoms with Gasteiger partial charge in [0, 0.05) is 24.3 Å². The van der Waals surface area contributed by atoms with Crippen molar-refractivity contribution in [1.29, 1.82) is 0 Å². The average Bonchev–Trinajstić information content (AvgIpc) is 2.94. The molecule has 1 aromatic carbocycles. The van der Waals surface area contributed by atoms with Gasteiger partial charge in [-0.25, -0.2) is 4.90 Å². The van der Waals surface area contributed by atoms with Crippen molar-refractivity contribution in [3.05, 3.63) is 42.0 Å². The van der Waals surface area contributed by atoms with Gasteiger partial charge in [-0.15, -0.1) is 0 Å². The van der Waals surface area contributed by atoms with E-state index in [9.17, 15) is 9.59 Å². The Bertz CT molecular complexity index is 699. The van der Waals surface area contributed by atoms with E-state index >= 15 is 0 Å². The van der Waals surface area contributed by atoms with Crippen LogP contribution in [-0.2, 0) is 20.9 Å². The molecule has 1 aliphatic carbocycles. The number of likely N-dealkylation sites (tertiary alicyclic amines) is 1. The molecule has 0 aromatic heterocycles. The van der Waals surface area contributed by atoms with Crippen LogP contribution in [0.25, 0.3) is 0 Å². The molecule has 2 heterocycles. The Morgan fingerprint density at radius 2 is 1.59 bits per heavy atom.